The van der Waals surface area contributed by atoms with E-state index < -0.39 is 5.41 Å². The number of carbonyl (C=O) groups is 2. The van der Waals surface area contributed by atoms with E-state index in [1.54, 1.807) is 12.4 Å². The zero-order chi connectivity index (χ0) is 22.5. The van der Waals surface area contributed by atoms with E-state index in [9.17, 15) is 9.59 Å². The molecule has 31 heavy (non-hydrogen) atoms. The number of aromatic nitrogens is 1. The van der Waals surface area contributed by atoms with Crippen LogP contribution in [-0.4, -0.2) is 41.3 Å². The van der Waals surface area contributed by atoms with Crippen LogP contribution in [0.15, 0.2) is 48.8 Å². The molecule has 1 fully saturated rings. The number of likely N-dealkylation sites (tertiary alicyclic amines) is 1. The van der Waals surface area contributed by atoms with Crippen molar-refractivity contribution in [2.24, 2.45) is 10.8 Å². The van der Waals surface area contributed by atoms with Gasteiger partial charge in [-0.15, -0.1) is 0 Å². The van der Waals surface area contributed by atoms with Crippen LogP contribution in [0.2, 0.25) is 0 Å². The number of rotatable bonds is 6. The lowest BCUT2D eigenvalue weighted by Crippen LogP contribution is -2.54. The molecule has 5 heteroatoms. The summed E-state index contributed by atoms with van der Waals surface area (Å²) in [5, 5.41) is 3.04. The van der Waals surface area contributed by atoms with E-state index in [0.29, 0.717) is 25.9 Å². The molecule has 0 aliphatic carbocycles. The third-order valence-electron chi connectivity index (χ3n) is 5.94. The third kappa shape index (κ3) is 5.93. The number of piperidine rings is 1. The maximum absolute atomic E-state index is 13.2. The van der Waals surface area contributed by atoms with E-state index in [0.717, 1.165) is 36.1 Å². The van der Waals surface area contributed by atoms with Gasteiger partial charge in [-0.3, -0.25) is 14.6 Å². The molecule has 5 nitrogen and oxygen atoms in total. The Morgan fingerprint density at radius 1 is 1.06 bits per heavy atom. The molecule has 2 amide bonds. The van der Waals surface area contributed by atoms with Gasteiger partial charge in [0.25, 0.3) is 0 Å². The largest absolute Gasteiger partial charge is 0.356 e. The summed E-state index contributed by atoms with van der Waals surface area (Å²) in [6.07, 6.45) is 6.36. The highest BCUT2D eigenvalue weighted by Gasteiger charge is 2.43. The summed E-state index contributed by atoms with van der Waals surface area (Å²) in [6.45, 7) is 10.00. The predicted molar refractivity (Wildman–Crippen MR) is 124 cm³/mol. The van der Waals surface area contributed by atoms with Crippen molar-refractivity contribution in [1.82, 2.24) is 15.2 Å². The van der Waals surface area contributed by atoms with Crippen LogP contribution >= 0.6 is 0 Å². The smallest absolute Gasteiger partial charge is 0.228 e. The molecule has 1 atom stereocenters. The van der Waals surface area contributed by atoms with Crippen molar-refractivity contribution in [3.8, 4) is 11.1 Å². The van der Waals surface area contributed by atoms with Crippen LogP contribution in [-0.2, 0) is 16.0 Å². The summed E-state index contributed by atoms with van der Waals surface area (Å²) in [5.74, 6) is 0.204. The van der Waals surface area contributed by atoms with Crippen molar-refractivity contribution in [2.75, 3.05) is 19.6 Å². The second kappa shape index (κ2) is 9.63. The minimum atomic E-state index is -0.583. The molecular weight excluding hydrogens is 386 g/mol. The molecule has 1 N–H and O–H groups in total. The number of hydrogen-bond acceptors (Lipinski definition) is 3. The van der Waals surface area contributed by atoms with Gasteiger partial charge in [0.15, 0.2) is 0 Å². The lowest BCUT2D eigenvalue weighted by Gasteiger charge is -2.42. The van der Waals surface area contributed by atoms with Crippen molar-refractivity contribution >= 4 is 11.8 Å². The van der Waals surface area contributed by atoms with Crippen LogP contribution in [0.3, 0.4) is 0 Å². The van der Waals surface area contributed by atoms with Crippen LogP contribution in [0, 0.1) is 10.8 Å². The highest BCUT2D eigenvalue weighted by atomic mass is 16.2. The Balaban J connectivity index is 1.82. The number of nitrogens with zero attached hydrogens (tertiary/aromatic N) is 2. The standard InChI is InChI=1S/C26H35N3O2/c1-5-28-24(31)26(13-6-16-29(19-26)23(30)18-25(2,3)4)17-20-7-9-21(10-8-20)22-11-14-27-15-12-22/h7-12,14-15H,5-6,13,16-19H2,1-4H3,(H,28,31)/t26-/m0/s1. The summed E-state index contributed by atoms with van der Waals surface area (Å²) >= 11 is 0. The van der Waals surface area contributed by atoms with Crippen molar-refractivity contribution in [2.45, 2.75) is 53.4 Å². The normalized spacial score (nSPS) is 19.2. The molecule has 1 aromatic carbocycles. The number of amides is 2. The molecule has 1 saturated heterocycles. The summed E-state index contributed by atoms with van der Waals surface area (Å²) < 4.78 is 0. The van der Waals surface area contributed by atoms with Gasteiger partial charge in [-0.25, -0.2) is 0 Å². The molecule has 0 unspecified atom stereocenters. The van der Waals surface area contributed by atoms with Gasteiger partial charge in [-0.1, -0.05) is 45.0 Å². The first-order chi connectivity index (χ1) is 14.7. The van der Waals surface area contributed by atoms with E-state index in [1.165, 1.54) is 0 Å². The van der Waals surface area contributed by atoms with E-state index in [2.05, 4.69) is 55.3 Å². The molecule has 166 valence electrons. The van der Waals surface area contributed by atoms with Crippen molar-refractivity contribution in [3.63, 3.8) is 0 Å². The van der Waals surface area contributed by atoms with Gasteiger partial charge in [0, 0.05) is 38.4 Å². The molecule has 1 aromatic heterocycles. The fourth-order valence-corrected chi connectivity index (χ4v) is 4.42. The molecule has 0 spiro atoms. The van der Waals surface area contributed by atoms with E-state index in [4.69, 9.17) is 0 Å². The van der Waals surface area contributed by atoms with E-state index >= 15 is 0 Å². The monoisotopic (exact) mass is 421 g/mol. The Morgan fingerprint density at radius 2 is 1.71 bits per heavy atom. The topological polar surface area (TPSA) is 62.3 Å². The fourth-order valence-electron chi connectivity index (χ4n) is 4.42. The third-order valence-corrected chi connectivity index (χ3v) is 5.94. The Morgan fingerprint density at radius 3 is 2.32 bits per heavy atom. The molecule has 0 radical (unpaired) electrons. The molecule has 3 rings (SSSR count). The molecule has 0 saturated carbocycles. The van der Waals surface area contributed by atoms with E-state index in [1.807, 2.05) is 24.0 Å². The number of hydrogen-bond donors (Lipinski definition) is 1. The first-order valence-electron chi connectivity index (χ1n) is 11.3. The molecule has 0 bridgehead atoms. The van der Waals surface area contributed by atoms with Crippen LogP contribution in [0.4, 0.5) is 0 Å². The molecule has 1 aliphatic rings. The van der Waals surface area contributed by atoms with Crippen LogP contribution in [0.25, 0.3) is 11.1 Å². The maximum atomic E-state index is 13.2. The molecule has 1 aliphatic heterocycles. The zero-order valence-corrected chi connectivity index (χ0v) is 19.3. The first-order valence-corrected chi connectivity index (χ1v) is 11.3. The summed E-state index contributed by atoms with van der Waals surface area (Å²) in [4.78, 5) is 32.1. The SMILES string of the molecule is CCNC(=O)[C@]1(Cc2ccc(-c3ccncc3)cc2)CCCN(C(=O)CC(C)(C)C)C1. The minimum absolute atomic E-state index is 0.0569. The van der Waals surface area contributed by atoms with Gasteiger partial charge in [0.05, 0.1) is 5.41 Å². The summed E-state index contributed by atoms with van der Waals surface area (Å²) in [7, 11) is 0. The minimum Gasteiger partial charge on any atom is -0.356 e. The predicted octanol–water partition coefficient (Wildman–Crippen LogP) is 4.47. The quantitative estimate of drug-likeness (QED) is 0.748. The Hall–Kier alpha value is -2.69. The van der Waals surface area contributed by atoms with Crippen LogP contribution in [0.1, 0.15) is 52.5 Å². The molecule has 2 aromatic rings. The maximum Gasteiger partial charge on any atom is 0.228 e. The number of nitrogens with one attached hydrogen (secondary N) is 1. The Kier molecular flexibility index (Phi) is 7.14. The fraction of sp³-hybridized carbons (Fsp3) is 0.500. The van der Waals surface area contributed by atoms with Crippen LogP contribution in [0.5, 0.6) is 0 Å². The van der Waals surface area contributed by atoms with Crippen molar-refractivity contribution < 1.29 is 9.59 Å². The van der Waals surface area contributed by atoms with Gasteiger partial charge in [-0.05, 0) is 60.4 Å². The van der Waals surface area contributed by atoms with Gasteiger partial charge in [0.1, 0.15) is 0 Å². The van der Waals surface area contributed by atoms with Crippen molar-refractivity contribution in [1.29, 1.82) is 0 Å². The van der Waals surface area contributed by atoms with Gasteiger partial charge >= 0.3 is 0 Å². The number of pyridine rings is 1. The summed E-state index contributed by atoms with van der Waals surface area (Å²) in [5.41, 5.74) is 2.72. The second-order valence-electron chi connectivity index (χ2n) is 9.91. The second-order valence-corrected chi connectivity index (χ2v) is 9.91. The molecular formula is C26H35N3O2. The van der Waals surface area contributed by atoms with Crippen LogP contribution < -0.4 is 5.32 Å². The zero-order valence-electron chi connectivity index (χ0n) is 19.3. The first kappa shape index (κ1) is 23.0. The molecule has 2 heterocycles. The highest BCUT2D eigenvalue weighted by molar-refractivity contribution is 5.85. The average Bonchev–Trinajstić information content (AvgIpc) is 2.74. The average molecular weight is 422 g/mol. The lowest BCUT2D eigenvalue weighted by molar-refractivity contribution is -0.142. The number of benzene rings is 1. The van der Waals surface area contributed by atoms with Crippen molar-refractivity contribution in [3.05, 3.63) is 54.4 Å². The highest BCUT2D eigenvalue weighted by Crippen LogP contribution is 2.36. The summed E-state index contributed by atoms with van der Waals surface area (Å²) in [6, 6.07) is 12.4. The Bertz CT molecular complexity index is 887. The number of carbonyl (C=O) groups excluding carboxylic acids is 2. The van der Waals surface area contributed by atoms with Gasteiger partial charge < -0.3 is 10.2 Å². The Labute approximate surface area is 186 Å². The van der Waals surface area contributed by atoms with Gasteiger partial charge in [0.2, 0.25) is 11.8 Å². The van der Waals surface area contributed by atoms with E-state index in [-0.39, 0.29) is 17.2 Å². The van der Waals surface area contributed by atoms with Gasteiger partial charge in [-0.2, -0.15) is 0 Å². The lowest BCUT2D eigenvalue weighted by atomic mass is 9.73.